The maximum absolute atomic E-state index is 12.8. The number of thioether (sulfide) groups is 2. The lowest BCUT2D eigenvalue weighted by Gasteiger charge is -2.12. The minimum atomic E-state index is -2.92. The number of benzene rings is 1. The fourth-order valence-electron chi connectivity index (χ4n) is 3.20. The SMILES string of the molecule is COCCCOc1cc(SCCc2ccccc2)cn2c(C(=N)SC(=N)C(F)F)nc(C)c12. The van der Waals surface area contributed by atoms with E-state index in [4.69, 9.17) is 20.3 Å². The van der Waals surface area contributed by atoms with Gasteiger partial charge in [0.05, 0.1) is 12.3 Å². The Hall–Kier alpha value is -2.43. The molecule has 0 bridgehead atoms. The molecule has 0 saturated carbocycles. The summed E-state index contributed by atoms with van der Waals surface area (Å²) in [7, 11) is 1.63. The van der Waals surface area contributed by atoms with Crippen LogP contribution in [-0.4, -0.2) is 52.0 Å². The van der Waals surface area contributed by atoms with Gasteiger partial charge in [-0.1, -0.05) is 30.3 Å². The number of nitrogens with one attached hydrogen (secondary N) is 2. The first-order valence-corrected chi connectivity index (χ1v) is 12.2. The van der Waals surface area contributed by atoms with Gasteiger partial charge in [0.25, 0.3) is 6.43 Å². The molecule has 0 aliphatic carbocycles. The van der Waals surface area contributed by atoms with Crippen LogP contribution in [0.2, 0.25) is 0 Å². The van der Waals surface area contributed by atoms with Crippen molar-refractivity contribution >= 4 is 39.1 Å². The Bertz CT molecular complexity index is 1110. The van der Waals surface area contributed by atoms with E-state index in [2.05, 4.69) is 17.1 Å². The molecular weight excluding hydrogens is 466 g/mol. The molecule has 3 aromatic rings. The quantitative estimate of drug-likeness (QED) is 0.155. The second kappa shape index (κ2) is 12.2. The number of ether oxygens (including phenoxy) is 2. The molecule has 176 valence electrons. The number of aromatic nitrogens is 2. The van der Waals surface area contributed by atoms with Crippen molar-refractivity contribution in [2.75, 3.05) is 26.1 Å². The third kappa shape index (κ3) is 6.78. The van der Waals surface area contributed by atoms with Gasteiger partial charge in [0.2, 0.25) is 0 Å². The van der Waals surface area contributed by atoms with E-state index < -0.39 is 11.5 Å². The number of aryl methyl sites for hydroxylation is 2. The summed E-state index contributed by atoms with van der Waals surface area (Å²) in [5.74, 6) is 1.67. The predicted octanol–water partition coefficient (Wildman–Crippen LogP) is 5.69. The number of nitrogens with zero attached hydrogens (tertiary/aromatic N) is 2. The number of pyridine rings is 1. The van der Waals surface area contributed by atoms with Crippen LogP contribution in [-0.2, 0) is 11.2 Å². The van der Waals surface area contributed by atoms with Crippen LogP contribution in [0.15, 0.2) is 47.5 Å². The van der Waals surface area contributed by atoms with Crippen molar-refractivity contribution in [2.45, 2.75) is 31.1 Å². The number of hydrogen-bond donors (Lipinski definition) is 2. The van der Waals surface area contributed by atoms with Gasteiger partial charge in [-0.25, -0.2) is 13.8 Å². The number of halogens is 2. The second-order valence-electron chi connectivity index (χ2n) is 7.15. The summed E-state index contributed by atoms with van der Waals surface area (Å²) in [6, 6.07) is 12.1. The standard InChI is InChI=1S/C23H26F2N4O2S2/c1-15-19-18(31-11-6-10-30-2)13-17(32-12-9-16-7-4-3-5-8-16)14-29(19)23(28-15)22(27)33-21(26)20(24)25/h3-5,7-8,13-14,20,26-27H,6,9-12H2,1-2H3. The molecule has 0 amide bonds. The topological polar surface area (TPSA) is 83.5 Å². The zero-order chi connectivity index (χ0) is 23.8. The minimum absolute atomic E-state index is 0.208. The van der Waals surface area contributed by atoms with Crippen LogP contribution in [0.4, 0.5) is 8.78 Å². The zero-order valence-corrected chi connectivity index (χ0v) is 20.1. The number of hydrogen-bond acceptors (Lipinski definition) is 7. The van der Waals surface area contributed by atoms with Gasteiger partial charge in [0.15, 0.2) is 5.82 Å². The van der Waals surface area contributed by atoms with E-state index in [1.807, 2.05) is 30.5 Å². The Morgan fingerprint density at radius 1 is 1.18 bits per heavy atom. The maximum atomic E-state index is 12.8. The molecule has 0 saturated heterocycles. The van der Waals surface area contributed by atoms with Gasteiger partial charge in [-0.15, -0.1) is 11.8 Å². The summed E-state index contributed by atoms with van der Waals surface area (Å²) in [6.07, 6.45) is 0.529. The summed E-state index contributed by atoms with van der Waals surface area (Å²) in [4.78, 5) is 5.36. The first kappa shape index (κ1) is 25.2. The molecule has 0 radical (unpaired) electrons. The fourth-order valence-corrected chi connectivity index (χ4v) is 4.68. The summed E-state index contributed by atoms with van der Waals surface area (Å²) < 4.78 is 38.5. The zero-order valence-electron chi connectivity index (χ0n) is 18.4. The molecule has 0 spiro atoms. The van der Waals surface area contributed by atoms with Crippen molar-refractivity contribution < 1.29 is 18.3 Å². The second-order valence-corrected chi connectivity index (χ2v) is 9.38. The number of alkyl halides is 2. The molecule has 10 heteroatoms. The Labute approximate surface area is 200 Å². The molecule has 0 aliphatic heterocycles. The molecule has 3 rings (SSSR count). The van der Waals surface area contributed by atoms with Crippen molar-refractivity contribution in [1.82, 2.24) is 9.38 Å². The highest BCUT2D eigenvalue weighted by Gasteiger charge is 2.21. The van der Waals surface area contributed by atoms with Gasteiger partial charge in [0.1, 0.15) is 21.4 Å². The minimum Gasteiger partial charge on any atom is -0.491 e. The molecule has 2 heterocycles. The summed E-state index contributed by atoms with van der Waals surface area (Å²) in [5.41, 5.74) is 2.55. The van der Waals surface area contributed by atoms with Gasteiger partial charge < -0.3 is 9.47 Å². The van der Waals surface area contributed by atoms with Gasteiger partial charge in [-0.05, 0) is 36.7 Å². The van der Waals surface area contributed by atoms with Gasteiger partial charge in [-0.3, -0.25) is 15.2 Å². The van der Waals surface area contributed by atoms with Crippen molar-refractivity contribution in [1.29, 1.82) is 10.8 Å². The van der Waals surface area contributed by atoms with Gasteiger partial charge in [-0.2, -0.15) is 0 Å². The van der Waals surface area contributed by atoms with E-state index in [0.29, 0.717) is 48.4 Å². The van der Waals surface area contributed by atoms with Gasteiger partial charge >= 0.3 is 0 Å². The van der Waals surface area contributed by atoms with E-state index in [0.717, 1.165) is 17.1 Å². The van der Waals surface area contributed by atoms with Crippen LogP contribution in [0.5, 0.6) is 5.75 Å². The molecule has 0 fully saturated rings. The molecule has 0 unspecified atom stereocenters. The molecule has 1 aromatic carbocycles. The first-order chi connectivity index (χ1) is 15.9. The highest BCUT2D eigenvalue weighted by molar-refractivity contribution is 8.26. The molecule has 0 aliphatic rings. The van der Waals surface area contributed by atoms with Crippen molar-refractivity contribution in [3.8, 4) is 5.75 Å². The van der Waals surface area contributed by atoms with Crippen LogP contribution in [0.3, 0.4) is 0 Å². The average molecular weight is 493 g/mol. The van der Waals surface area contributed by atoms with Crippen LogP contribution in [0, 0.1) is 17.7 Å². The predicted molar refractivity (Wildman–Crippen MR) is 131 cm³/mol. The molecule has 33 heavy (non-hydrogen) atoms. The van der Waals surface area contributed by atoms with E-state index in [-0.39, 0.29) is 10.9 Å². The largest absolute Gasteiger partial charge is 0.491 e. The Kier molecular flexibility index (Phi) is 9.28. The normalized spacial score (nSPS) is 11.3. The maximum Gasteiger partial charge on any atom is 0.285 e. The Morgan fingerprint density at radius 3 is 2.64 bits per heavy atom. The summed E-state index contributed by atoms with van der Waals surface area (Å²) >= 11 is 2.05. The molecule has 2 N–H and O–H groups in total. The third-order valence-electron chi connectivity index (χ3n) is 4.71. The van der Waals surface area contributed by atoms with Crippen molar-refractivity contribution in [3.05, 3.63) is 59.7 Å². The van der Waals surface area contributed by atoms with Crippen molar-refractivity contribution in [3.63, 3.8) is 0 Å². The number of methoxy groups -OCH3 is 1. The lowest BCUT2D eigenvalue weighted by molar-refractivity contribution is 0.172. The summed E-state index contributed by atoms with van der Waals surface area (Å²) in [6.45, 7) is 2.81. The van der Waals surface area contributed by atoms with Crippen molar-refractivity contribution in [2.24, 2.45) is 0 Å². The highest BCUT2D eigenvalue weighted by atomic mass is 32.2. The third-order valence-corrected chi connectivity index (χ3v) is 6.46. The number of imidazole rings is 1. The average Bonchev–Trinajstić information content (AvgIpc) is 3.14. The van der Waals surface area contributed by atoms with Crippen LogP contribution in [0.1, 0.15) is 23.5 Å². The summed E-state index contributed by atoms with van der Waals surface area (Å²) in [5, 5.41) is 14.6. The van der Waals surface area contributed by atoms with E-state index in [1.54, 1.807) is 30.2 Å². The van der Waals surface area contributed by atoms with Crippen LogP contribution in [0.25, 0.3) is 5.52 Å². The lowest BCUT2D eigenvalue weighted by Crippen LogP contribution is -2.10. The number of fused-ring (bicyclic) bond motifs is 1. The molecular formula is C23H26F2N4O2S2. The lowest BCUT2D eigenvalue weighted by atomic mass is 10.2. The van der Waals surface area contributed by atoms with Crippen LogP contribution < -0.4 is 4.74 Å². The monoisotopic (exact) mass is 492 g/mol. The van der Waals surface area contributed by atoms with E-state index in [9.17, 15) is 8.78 Å². The van der Waals surface area contributed by atoms with Gasteiger partial charge in [0, 0.05) is 37.0 Å². The Morgan fingerprint density at radius 2 is 1.94 bits per heavy atom. The first-order valence-electron chi connectivity index (χ1n) is 10.3. The molecule has 2 aromatic heterocycles. The highest BCUT2D eigenvalue weighted by Crippen LogP contribution is 2.32. The number of rotatable bonds is 11. The molecule has 0 atom stereocenters. The molecule has 6 nitrogen and oxygen atoms in total. The van der Waals surface area contributed by atoms with Crippen LogP contribution >= 0.6 is 23.5 Å². The Balaban J connectivity index is 1.89. The fraction of sp³-hybridized carbons (Fsp3) is 0.348. The van der Waals surface area contributed by atoms with E-state index >= 15 is 0 Å². The van der Waals surface area contributed by atoms with E-state index in [1.165, 1.54) is 5.56 Å². The smallest absolute Gasteiger partial charge is 0.285 e.